The minimum Gasteiger partial charge on any atom is -0.376 e. The number of halogens is 2. The van der Waals surface area contributed by atoms with Crippen molar-refractivity contribution in [3.8, 4) is 0 Å². The van der Waals surface area contributed by atoms with Crippen LogP contribution >= 0.6 is 23.2 Å². The van der Waals surface area contributed by atoms with Crippen LogP contribution in [0.1, 0.15) is 10.4 Å². The minimum atomic E-state index is -0.514. The van der Waals surface area contributed by atoms with Gasteiger partial charge in [-0.2, -0.15) is 0 Å². The Bertz CT molecular complexity index is 687. The molecule has 0 heterocycles. The van der Waals surface area contributed by atoms with Crippen molar-refractivity contribution >= 4 is 40.4 Å². The molecule has 21 heavy (non-hydrogen) atoms. The number of Topliss-reactive ketones (excluding diaryl/α,β-unsaturated/α-hetero) is 1. The highest BCUT2D eigenvalue weighted by atomic mass is 35.5. The molecule has 0 aromatic heterocycles. The van der Waals surface area contributed by atoms with E-state index in [0.717, 1.165) is 0 Å². The molecule has 0 saturated carbocycles. The van der Waals surface area contributed by atoms with Gasteiger partial charge in [-0.1, -0.05) is 23.2 Å². The number of nitrogens with zero attached hydrogens (tertiary/aromatic N) is 1. The smallest absolute Gasteiger partial charge is 0.269 e. The third-order valence-electron chi connectivity index (χ3n) is 2.77. The fraction of sp³-hybridized carbons (Fsp3) is 0.0714. The van der Waals surface area contributed by atoms with Crippen LogP contribution in [0.2, 0.25) is 10.0 Å². The number of anilines is 1. The van der Waals surface area contributed by atoms with Crippen LogP contribution in [0.15, 0.2) is 42.5 Å². The third kappa shape index (κ3) is 3.93. The second-order valence-corrected chi connectivity index (χ2v) is 5.05. The zero-order chi connectivity index (χ0) is 15.4. The molecule has 0 amide bonds. The van der Waals surface area contributed by atoms with Crippen LogP contribution in [0.4, 0.5) is 11.4 Å². The van der Waals surface area contributed by atoms with Crippen molar-refractivity contribution in [2.75, 3.05) is 11.9 Å². The third-order valence-corrected chi connectivity index (χ3v) is 3.32. The summed E-state index contributed by atoms with van der Waals surface area (Å²) in [5.74, 6) is -0.198. The van der Waals surface area contributed by atoms with Crippen LogP contribution in [0.5, 0.6) is 0 Å². The lowest BCUT2D eigenvalue weighted by molar-refractivity contribution is -0.384. The molecule has 0 bridgehead atoms. The fourth-order valence-electron chi connectivity index (χ4n) is 1.68. The number of rotatable bonds is 5. The first-order valence-corrected chi connectivity index (χ1v) is 6.69. The van der Waals surface area contributed by atoms with E-state index < -0.39 is 4.92 Å². The quantitative estimate of drug-likeness (QED) is 0.508. The lowest BCUT2D eigenvalue weighted by Gasteiger charge is -2.08. The molecule has 0 aliphatic heterocycles. The van der Waals surface area contributed by atoms with E-state index in [9.17, 15) is 14.9 Å². The summed E-state index contributed by atoms with van der Waals surface area (Å²) < 4.78 is 0. The van der Waals surface area contributed by atoms with Gasteiger partial charge in [0.15, 0.2) is 5.78 Å². The van der Waals surface area contributed by atoms with E-state index in [4.69, 9.17) is 23.2 Å². The van der Waals surface area contributed by atoms with Gasteiger partial charge >= 0.3 is 0 Å². The summed E-state index contributed by atoms with van der Waals surface area (Å²) in [5, 5.41) is 14.4. The average molecular weight is 325 g/mol. The molecule has 7 heteroatoms. The number of carbonyl (C=O) groups is 1. The first-order valence-electron chi connectivity index (χ1n) is 5.94. The molecule has 0 fully saturated rings. The second kappa shape index (κ2) is 6.56. The van der Waals surface area contributed by atoms with Gasteiger partial charge in [0.2, 0.25) is 0 Å². The molecule has 0 saturated heterocycles. The van der Waals surface area contributed by atoms with Gasteiger partial charge in [-0.05, 0) is 30.3 Å². The van der Waals surface area contributed by atoms with Gasteiger partial charge in [-0.15, -0.1) is 0 Å². The maximum atomic E-state index is 12.0. The normalized spacial score (nSPS) is 10.2. The molecule has 5 nitrogen and oxygen atoms in total. The van der Waals surface area contributed by atoms with E-state index in [1.807, 2.05) is 0 Å². The Balaban J connectivity index is 2.02. The van der Waals surface area contributed by atoms with Crippen LogP contribution < -0.4 is 5.32 Å². The zero-order valence-electron chi connectivity index (χ0n) is 10.7. The number of nitrogens with one attached hydrogen (secondary N) is 1. The standard InChI is InChI=1S/C14H10Cl2N2O3/c15-10-3-6-13(12(16)7-10)17-8-14(19)9-1-4-11(5-2-9)18(20)21/h1-7,17H,8H2. The Labute approximate surface area is 130 Å². The molecule has 2 aromatic carbocycles. The molecule has 0 unspecified atom stereocenters. The van der Waals surface area contributed by atoms with Crippen LogP contribution in [-0.4, -0.2) is 17.3 Å². The van der Waals surface area contributed by atoms with Crippen molar-refractivity contribution in [1.82, 2.24) is 0 Å². The summed E-state index contributed by atoms with van der Waals surface area (Å²) in [6.45, 7) is 0.0269. The molecule has 1 N–H and O–H groups in total. The summed E-state index contributed by atoms with van der Waals surface area (Å²) in [4.78, 5) is 22.0. The van der Waals surface area contributed by atoms with E-state index in [-0.39, 0.29) is 18.0 Å². The van der Waals surface area contributed by atoms with E-state index in [1.54, 1.807) is 18.2 Å². The van der Waals surface area contributed by atoms with E-state index >= 15 is 0 Å². The molecule has 0 atom stereocenters. The number of hydrogen-bond acceptors (Lipinski definition) is 4. The Morgan fingerprint density at radius 2 is 1.81 bits per heavy atom. The molecule has 0 radical (unpaired) electrons. The molecule has 2 rings (SSSR count). The number of ketones is 1. The van der Waals surface area contributed by atoms with Gasteiger partial charge in [0, 0.05) is 22.7 Å². The first-order chi connectivity index (χ1) is 9.97. The van der Waals surface area contributed by atoms with Crippen molar-refractivity contribution in [3.63, 3.8) is 0 Å². The summed E-state index contributed by atoms with van der Waals surface area (Å²) >= 11 is 11.8. The minimum absolute atomic E-state index is 0.0269. The molecule has 2 aromatic rings. The van der Waals surface area contributed by atoms with Gasteiger partial charge in [-0.3, -0.25) is 14.9 Å². The van der Waals surface area contributed by atoms with E-state index in [2.05, 4.69) is 5.32 Å². The number of benzene rings is 2. The predicted molar refractivity (Wildman–Crippen MR) is 82.4 cm³/mol. The van der Waals surface area contributed by atoms with Gasteiger partial charge in [-0.25, -0.2) is 0 Å². The topological polar surface area (TPSA) is 72.2 Å². The number of nitro groups is 1. The highest BCUT2D eigenvalue weighted by molar-refractivity contribution is 6.36. The van der Waals surface area contributed by atoms with E-state index in [1.165, 1.54) is 24.3 Å². The van der Waals surface area contributed by atoms with Gasteiger partial charge in [0.05, 0.1) is 22.2 Å². The molecule has 0 aliphatic carbocycles. The van der Waals surface area contributed by atoms with Gasteiger partial charge in [0.25, 0.3) is 5.69 Å². The maximum Gasteiger partial charge on any atom is 0.269 e. The van der Waals surface area contributed by atoms with Crippen molar-refractivity contribution in [2.24, 2.45) is 0 Å². The predicted octanol–water partition coefficient (Wildman–Crippen LogP) is 4.20. The number of nitro benzene ring substituents is 1. The van der Waals surface area contributed by atoms with Gasteiger partial charge < -0.3 is 5.32 Å². The molecule has 0 spiro atoms. The number of carbonyl (C=O) groups excluding carboxylic acids is 1. The Morgan fingerprint density at radius 3 is 2.38 bits per heavy atom. The summed E-state index contributed by atoms with van der Waals surface area (Å²) in [6.07, 6.45) is 0. The average Bonchev–Trinajstić information content (AvgIpc) is 2.46. The van der Waals surface area contributed by atoms with Crippen molar-refractivity contribution in [3.05, 3.63) is 68.2 Å². The molecule has 108 valence electrons. The van der Waals surface area contributed by atoms with Crippen molar-refractivity contribution in [2.45, 2.75) is 0 Å². The Hall–Kier alpha value is -2.11. The Kier molecular flexibility index (Phi) is 4.77. The highest BCUT2D eigenvalue weighted by Gasteiger charge is 2.10. The zero-order valence-corrected chi connectivity index (χ0v) is 12.2. The monoisotopic (exact) mass is 324 g/mol. The lowest BCUT2D eigenvalue weighted by atomic mass is 10.1. The fourth-order valence-corrected chi connectivity index (χ4v) is 2.15. The highest BCUT2D eigenvalue weighted by Crippen LogP contribution is 2.25. The molecule has 0 aliphatic rings. The van der Waals surface area contributed by atoms with Crippen LogP contribution in [-0.2, 0) is 0 Å². The van der Waals surface area contributed by atoms with Crippen molar-refractivity contribution < 1.29 is 9.72 Å². The van der Waals surface area contributed by atoms with Crippen LogP contribution in [0.3, 0.4) is 0 Å². The largest absolute Gasteiger partial charge is 0.376 e. The summed E-state index contributed by atoms with van der Waals surface area (Å²) in [5.41, 5.74) is 0.926. The van der Waals surface area contributed by atoms with Gasteiger partial charge in [0.1, 0.15) is 0 Å². The lowest BCUT2D eigenvalue weighted by Crippen LogP contribution is -2.14. The molecular weight excluding hydrogens is 315 g/mol. The first kappa shape index (κ1) is 15.3. The van der Waals surface area contributed by atoms with Crippen LogP contribution in [0.25, 0.3) is 0 Å². The van der Waals surface area contributed by atoms with Crippen LogP contribution in [0, 0.1) is 10.1 Å². The summed E-state index contributed by atoms with van der Waals surface area (Å²) in [7, 11) is 0. The molecular formula is C14H10Cl2N2O3. The maximum absolute atomic E-state index is 12.0. The second-order valence-electron chi connectivity index (χ2n) is 4.20. The Morgan fingerprint density at radius 1 is 1.14 bits per heavy atom. The number of hydrogen-bond donors (Lipinski definition) is 1. The van der Waals surface area contributed by atoms with Crippen molar-refractivity contribution in [1.29, 1.82) is 0 Å². The SMILES string of the molecule is O=C(CNc1ccc(Cl)cc1Cl)c1ccc([N+](=O)[O-])cc1. The summed E-state index contributed by atoms with van der Waals surface area (Å²) in [6, 6.07) is 10.3. The number of non-ortho nitro benzene ring substituents is 1. The van der Waals surface area contributed by atoms with E-state index in [0.29, 0.717) is 21.3 Å².